The highest BCUT2D eigenvalue weighted by atomic mass is 32.2. The van der Waals surface area contributed by atoms with Crippen LogP contribution in [0.4, 0.5) is 0 Å². The van der Waals surface area contributed by atoms with Gasteiger partial charge in [-0.1, -0.05) is 0 Å². The molecule has 0 atom stereocenters. The maximum atomic E-state index is 12.5. The summed E-state index contributed by atoms with van der Waals surface area (Å²) in [4.78, 5) is 0.134. The first-order valence-corrected chi connectivity index (χ1v) is 8.60. The van der Waals surface area contributed by atoms with Crippen molar-refractivity contribution in [3.05, 3.63) is 47.5 Å². The lowest BCUT2D eigenvalue weighted by Crippen LogP contribution is -2.12. The quantitative estimate of drug-likeness (QED) is 0.756. The van der Waals surface area contributed by atoms with Crippen LogP contribution in [0.2, 0.25) is 0 Å². The van der Waals surface area contributed by atoms with Gasteiger partial charge in [0, 0.05) is 0 Å². The van der Waals surface area contributed by atoms with Crippen LogP contribution < -0.4 is 13.7 Å². The molecule has 0 amide bonds. The van der Waals surface area contributed by atoms with Gasteiger partial charge in [-0.05, 0) is 68.3 Å². The average Bonchev–Trinajstić information content (AvgIpc) is 2.51. The fraction of sp³-hybridized carbons (Fsp3) is 0.294. The van der Waals surface area contributed by atoms with Crippen molar-refractivity contribution < 1.29 is 22.1 Å². The first-order chi connectivity index (χ1) is 10.9. The van der Waals surface area contributed by atoms with Crippen molar-refractivity contribution >= 4 is 10.1 Å². The Kier molecular flexibility index (Phi) is 5.15. The number of hydrogen-bond acceptors (Lipinski definition) is 5. The van der Waals surface area contributed by atoms with Gasteiger partial charge in [0.05, 0.1) is 13.7 Å². The van der Waals surface area contributed by atoms with Crippen molar-refractivity contribution in [2.75, 3.05) is 13.7 Å². The first kappa shape index (κ1) is 17.1. The molecule has 0 spiro atoms. The maximum Gasteiger partial charge on any atom is 0.339 e. The van der Waals surface area contributed by atoms with Gasteiger partial charge in [-0.15, -0.1) is 0 Å². The number of hydrogen-bond donors (Lipinski definition) is 0. The molecule has 0 saturated heterocycles. The summed E-state index contributed by atoms with van der Waals surface area (Å²) >= 11 is 0. The topological polar surface area (TPSA) is 61.8 Å². The molecule has 0 bridgehead atoms. The molecule has 0 heterocycles. The van der Waals surface area contributed by atoms with Crippen LogP contribution in [-0.4, -0.2) is 22.1 Å². The van der Waals surface area contributed by atoms with Crippen LogP contribution in [0.1, 0.15) is 18.1 Å². The number of aryl methyl sites for hydroxylation is 2. The Morgan fingerprint density at radius 2 is 1.57 bits per heavy atom. The van der Waals surface area contributed by atoms with E-state index in [9.17, 15) is 8.42 Å². The molecule has 124 valence electrons. The van der Waals surface area contributed by atoms with E-state index in [-0.39, 0.29) is 10.6 Å². The predicted molar refractivity (Wildman–Crippen MR) is 87.9 cm³/mol. The van der Waals surface area contributed by atoms with Gasteiger partial charge in [-0.25, -0.2) is 0 Å². The molecule has 6 heteroatoms. The van der Waals surface area contributed by atoms with Crippen LogP contribution in [0, 0.1) is 13.8 Å². The summed E-state index contributed by atoms with van der Waals surface area (Å²) in [5, 5.41) is 0. The van der Waals surface area contributed by atoms with Crippen molar-refractivity contribution in [3.8, 4) is 17.2 Å². The molecule has 5 nitrogen and oxygen atoms in total. The molecule has 2 rings (SSSR count). The largest absolute Gasteiger partial charge is 0.497 e. The van der Waals surface area contributed by atoms with E-state index < -0.39 is 10.1 Å². The smallest absolute Gasteiger partial charge is 0.339 e. The molecule has 0 radical (unpaired) electrons. The Labute approximate surface area is 136 Å². The molecule has 0 aliphatic carbocycles. The van der Waals surface area contributed by atoms with E-state index in [0.29, 0.717) is 23.7 Å². The van der Waals surface area contributed by atoms with E-state index in [1.54, 1.807) is 57.4 Å². The van der Waals surface area contributed by atoms with Gasteiger partial charge in [0.1, 0.15) is 22.1 Å². The summed E-state index contributed by atoms with van der Waals surface area (Å²) in [6, 6.07) is 9.66. The normalized spacial score (nSPS) is 11.1. The third-order valence-electron chi connectivity index (χ3n) is 3.31. The van der Waals surface area contributed by atoms with Gasteiger partial charge in [0.25, 0.3) is 0 Å². The number of methoxy groups -OCH3 is 1. The second-order valence-electron chi connectivity index (χ2n) is 5.03. The monoisotopic (exact) mass is 336 g/mol. The van der Waals surface area contributed by atoms with Gasteiger partial charge >= 0.3 is 10.1 Å². The van der Waals surface area contributed by atoms with Crippen molar-refractivity contribution in [1.82, 2.24) is 0 Å². The fourth-order valence-corrected chi connectivity index (χ4v) is 3.38. The predicted octanol–water partition coefficient (Wildman–Crippen LogP) is 3.48. The molecule has 0 aliphatic heterocycles. The van der Waals surface area contributed by atoms with Crippen LogP contribution in [0.25, 0.3) is 0 Å². The Hall–Kier alpha value is -2.21. The van der Waals surface area contributed by atoms with Crippen LogP contribution in [-0.2, 0) is 10.1 Å². The summed E-state index contributed by atoms with van der Waals surface area (Å²) in [5.74, 6) is 1.54. The van der Waals surface area contributed by atoms with E-state index >= 15 is 0 Å². The Bertz CT molecular complexity index is 779. The third kappa shape index (κ3) is 3.96. The molecule has 2 aromatic carbocycles. The molecule has 0 aromatic heterocycles. The van der Waals surface area contributed by atoms with Crippen LogP contribution >= 0.6 is 0 Å². The molecule has 0 fully saturated rings. The lowest BCUT2D eigenvalue weighted by molar-refractivity contribution is 0.337. The number of rotatable bonds is 6. The van der Waals surface area contributed by atoms with Crippen LogP contribution in [0.5, 0.6) is 17.2 Å². The Balaban J connectivity index is 2.33. The summed E-state index contributed by atoms with van der Waals surface area (Å²) in [5.41, 5.74) is 1.32. The molecular formula is C17H20O5S. The minimum absolute atomic E-state index is 0.134. The lowest BCUT2D eigenvalue weighted by atomic mass is 10.1. The molecular weight excluding hydrogens is 316 g/mol. The van der Waals surface area contributed by atoms with Crippen molar-refractivity contribution in [1.29, 1.82) is 0 Å². The van der Waals surface area contributed by atoms with Gasteiger partial charge in [0.15, 0.2) is 0 Å². The SMILES string of the molecule is CCOc1cc(C)c(S(=O)(=O)Oc2ccc(OC)cc2)cc1C. The zero-order valence-electron chi connectivity index (χ0n) is 13.6. The second kappa shape index (κ2) is 6.91. The summed E-state index contributed by atoms with van der Waals surface area (Å²) in [6.45, 7) is 5.92. The second-order valence-corrected chi connectivity index (χ2v) is 6.54. The number of benzene rings is 2. The summed E-state index contributed by atoms with van der Waals surface area (Å²) in [7, 11) is -2.37. The van der Waals surface area contributed by atoms with Crippen molar-refractivity contribution in [2.24, 2.45) is 0 Å². The lowest BCUT2D eigenvalue weighted by Gasteiger charge is -2.13. The zero-order chi connectivity index (χ0) is 17.0. The molecule has 0 aliphatic rings. The minimum Gasteiger partial charge on any atom is -0.497 e. The Morgan fingerprint density at radius 3 is 2.13 bits per heavy atom. The molecule has 23 heavy (non-hydrogen) atoms. The Morgan fingerprint density at radius 1 is 0.957 bits per heavy atom. The van der Waals surface area contributed by atoms with Crippen LogP contribution in [0.3, 0.4) is 0 Å². The summed E-state index contributed by atoms with van der Waals surface area (Å²) in [6.07, 6.45) is 0. The van der Waals surface area contributed by atoms with Gasteiger partial charge in [-0.3, -0.25) is 0 Å². The van der Waals surface area contributed by atoms with Gasteiger partial charge in [0.2, 0.25) is 0 Å². The average molecular weight is 336 g/mol. The first-order valence-electron chi connectivity index (χ1n) is 7.20. The van der Waals surface area contributed by atoms with Crippen molar-refractivity contribution in [3.63, 3.8) is 0 Å². The highest BCUT2D eigenvalue weighted by Crippen LogP contribution is 2.28. The van der Waals surface area contributed by atoms with E-state index in [4.69, 9.17) is 13.7 Å². The standard InChI is InChI=1S/C17H20O5S/c1-5-21-16-10-13(3)17(11-12(16)2)23(18,19)22-15-8-6-14(20-4)7-9-15/h6-11H,5H2,1-4H3. The fourth-order valence-electron chi connectivity index (χ4n) is 2.15. The minimum atomic E-state index is -3.91. The molecule has 2 aromatic rings. The summed E-state index contributed by atoms with van der Waals surface area (Å²) < 4.78 is 40.7. The van der Waals surface area contributed by atoms with E-state index in [1.807, 2.05) is 6.92 Å². The third-order valence-corrected chi connectivity index (χ3v) is 4.70. The molecule has 0 N–H and O–H groups in total. The van der Waals surface area contributed by atoms with Crippen molar-refractivity contribution in [2.45, 2.75) is 25.7 Å². The van der Waals surface area contributed by atoms with E-state index in [0.717, 1.165) is 5.56 Å². The highest BCUT2D eigenvalue weighted by Gasteiger charge is 2.21. The van der Waals surface area contributed by atoms with Gasteiger partial charge < -0.3 is 13.7 Å². The molecule has 0 saturated carbocycles. The van der Waals surface area contributed by atoms with Crippen LogP contribution in [0.15, 0.2) is 41.3 Å². The van der Waals surface area contributed by atoms with Gasteiger partial charge in [-0.2, -0.15) is 8.42 Å². The van der Waals surface area contributed by atoms with E-state index in [2.05, 4.69) is 0 Å². The number of ether oxygens (including phenoxy) is 2. The maximum absolute atomic E-state index is 12.5. The highest BCUT2D eigenvalue weighted by molar-refractivity contribution is 7.87. The zero-order valence-corrected chi connectivity index (χ0v) is 14.4. The molecule has 0 unspecified atom stereocenters. The van der Waals surface area contributed by atoms with E-state index in [1.165, 1.54) is 0 Å².